The number of hydrogen-bond acceptors (Lipinski definition) is 11. The minimum Gasteiger partial charge on any atom is -0.508 e. The largest absolute Gasteiger partial charge is 0.508 e. The van der Waals surface area contributed by atoms with E-state index in [4.69, 9.17) is 14.6 Å². The smallest absolute Gasteiger partial charge is 0.326 e. The summed E-state index contributed by atoms with van der Waals surface area (Å²) in [6.07, 6.45) is 4.48. The Labute approximate surface area is 404 Å². The second-order valence-corrected chi connectivity index (χ2v) is 20.6. The highest BCUT2D eigenvalue weighted by atomic mass is 16.8. The first-order valence-electron chi connectivity index (χ1n) is 24.7. The maximum atomic E-state index is 14.8. The van der Waals surface area contributed by atoms with Gasteiger partial charge in [0.15, 0.2) is 6.61 Å². The highest BCUT2D eigenvalue weighted by molar-refractivity contribution is 5.95. The summed E-state index contributed by atoms with van der Waals surface area (Å²) in [6, 6.07) is 8.75. The van der Waals surface area contributed by atoms with Crippen LogP contribution in [0.4, 0.5) is 4.79 Å². The topological polar surface area (TPSA) is 203 Å². The Bertz CT molecular complexity index is 2550. The maximum Gasteiger partial charge on any atom is 0.326 e. The molecule has 5 aliphatic heterocycles. The van der Waals surface area contributed by atoms with Crippen molar-refractivity contribution in [3.8, 4) is 16.9 Å². The number of rotatable bonds is 10. The zero-order valence-electron chi connectivity index (χ0n) is 41.7. The molecule has 5 aliphatic rings. The number of ether oxygens (including phenoxy) is 1. The van der Waals surface area contributed by atoms with E-state index in [1.165, 1.54) is 9.91 Å². The van der Waals surface area contributed by atoms with Crippen molar-refractivity contribution in [3.05, 3.63) is 63.8 Å². The van der Waals surface area contributed by atoms with Crippen LogP contribution in [0.15, 0.2) is 47.1 Å². The molecule has 3 aromatic rings. The van der Waals surface area contributed by atoms with Gasteiger partial charge in [0.25, 0.3) is 5.91 Å². The Hall–Kier alpha value is -5.85. The average Bonchev–Trinajstić information content (AvgIpc) is 3.99. The van der Waals surface area contributed by atoms with Gasteiger partial charge in [-0.3, -0.25) is 24.4 Å². The minimum absolute atomic E-state index is 0.00327. The minimum atomic E-state index is -1.17. The third-order valence-corrected chi connectivity index (χ3v) is 14.5. The van der Waals surface area contributed by atoms with Crippen molar-refractivity contribution in [2.75, 3.05) is 54.0 Å². The van der Waals surface area contributed by atoms with Crippen molar-refractivity contribution in [2.45, 2.75) is 129 Å². The van der Waals surface area contributed by atoms with E-state index in [1.807, 2.05) is 39.1 Å². The summed E-state index contributed by atoms with van der Waals surface area (Å²) in [5, 5.41) is 19.8. The first kappa shape index (κ1) is 49.6. The van der Waals surface area contributed by atoms with Gasteiger partial charge in [0.2, 0.25) is 16.7 Å². The average molecular weight is 952 g/mol. The molecule has 6 heterocycles. The van der Waals surface area contributed by atoms with Gasteiger partial charge in [-0.25, -0.2) is 9.63 Å². The summed E-state index contributed by atoms with van der Waals surface area (Å²) in [5.74, 6) is -1.35. The number of fused-ring (bicyclic) bond motifs is 6. The van der Waals surface area contributed by atoms with Crippen LogP contribution in [0, 0.1) is 16.2 Å². The van der Waals surface area contributed by atoms with Crippen LogP contribution in [-0.2, 0) is 43.3 Å². The summed E-state index contributed by atoms with van der Waals surface area (Å²) in [7, 11) is 5.05. The monoisotopic (exact) mass is 952 g/mol. The van der Waals surface area contributed by atoms with Gasteiger partial charge in [0, 0.05) is 94.9 Å². The van der Waals surface area contributed by atoms with E-state index in [9.17, 15) is 29.2 Å². The van der Waals surface area contributed by atoms with E-state index >= 15 is 0 Å². The maximum absolute atomic E-state index is 14.8. The number of phenolic OH excluding ortho intramolecular Hbond substituents is 1. The molecule has 372 valence electrons. The number of aliphatic imine (C=N–C) groups is 1. The number of carbonyl (C=O) groups is 4. The van der Waals surface area contributed by atoms with E-state index in [1.54, 1.807) is 43.1 Å². The van der Waals surface area contributed by atoms with Gasteiger partial charge in [-0.2, -0.15) is 5.43 Å². The Kier molecular flexibility index (Phi) is 14.5. The molecular formula is C51H71N10O8+. The highest BCUT2D eigenvalue weighted by Gasteiger charge is 2.43. The lowest BCUT2D eigenvalue weighted by molar-refractivity contribution is -0.835. The van der Waals surface area contributed by atoms with E-state index in [-0.39, 0.29) is 61.4 Å². The number of amides is 5. The van der Waals surface area contributed by atoms with Gasteiger partial charge < -0.3 is 39.7 Å². The number of hydrazine groups is 1. The van der Waals surface area contributed by atoms with Crippen molar-refractivity contribution in [1.82, 2.24) is 40.3 Å². The van der Waals surface area contributed by atoms with E-state index in [0.717, 1.165) is 57.4 Å². The van der Waals surface area contributed by atoms with Gasteiger partial charge in [-0.1, -0.05) is 39.8 Å². The number of aryl methyl sites for hydroxylation is 1. The third kappa shape index (κ3) is 10.4. The molecule has 6 atom stereocenters. The molecule has 18 heteroatoms. The quantitative estimate of drug-likeness (QED) is 0.201. The number of aromatic nitrogens is 1. The Balaban J connectivity index is 1.16. The molecule has 0 radical (unpaired) electrons. The number of methoxy groups -OCH3 is 1. The molecule has 0 aliphatic carbocycles. The number of allylic oxidation sites excluding steroid dienone is 1. The third-order valence-electron chi connectivity index (χ3n) is 14.5. The van der Waals surface area contributed by atoms with Crippen LogP contribution < -0.4 is 16.1 Å². The van der Waals surface area contributed by atoms with Gasteiger partial charge in [-0.15, -0.1) is 0 Å². The fourth-order valence-electron chi connectivity index (χ4n) is 10.7. The van der Waals surface area contributed by atoms with E-state index in [0.29, 0.717) is 62.3 Å². The van der Waals surface area contributed by atoms with Crippen molar-refractivity contribution in [1.29, 1.82) is 0 Å². The summed E-state index contributed by atoms with van der Waals surface area (Å²) in [5.41, 5.74) is 9.97. The van der Waals surface area contributed by atoms with Gasteiger partial charge in [0.05, 0.1) is 34.5 Å². The zero-order chi connectivity index (χ0) is 49.5. The predicted octanol–water partition coefficient (Wildman–Crippen LogP) is 5.00. The molecule has 0 saturated carbocycles. The highest BCUT2D eigenvalue weighted by Crippen LogP contribution is 2.42. The molecule has 5 amide bonds. The SMILES string of the molecule is CCn1c(C2=C([C@H](C)OC)N=CCC2)c2c3cc(ccc31)-c1cc(O)cc(c1)C[C@H](NC(=O)[C@H](C(C)C)N(C)C(=O)N1CC[C@H](N(C)C(=O)C3CN3)C1)C(=O)N1CCC[C@H](N1)[N+](=O)OCC(C)(C)C2. The lowest BCUT2D eigenvalue weighted by atomic mass is 9.83. The van der Waals surface area contributed by atoms with Crippen LogP contribution in [0.3, 0.4) is 0 Å². The molecular weight excluding hydrogens is 881 g/mol. The van der Waals surface area contributed by atoms with Crippen molar-refractivity contribution in [3.63, 3.8) is 0 Å². The van der Waals surface area contributed by atoms with Crippen molar-refractivity contribution in [2.24, 2.45) is 16.3 Å². The van der Waals surface area contributed by atoms with Crippen LogP contribution in [0.2, 0.25) is 0 Å². The first-order chi connectivity index (χ1) is 32.9. The predicted molar refractivity (Wildman–Crippen MR) is 263 cm³/mol. The number of benzene rings is 2. The van der Waals surface area contributed by atoms with Gasteiger partial charge in [-0.05, 0) is 98.4 Å². The molecule has 1 unspecified atom stereocenters. The standard InChI is InChI=1S/C51H70N10O8/c1-10-59-42-16-15-33-25-38(42)39(46(59)37-13-11-18-52-44(37)31(4)68-9)26-51(5,6)29-69-61(67)43-14-12-19-60(55-43)49(65)40(23-32-21-34(33)24-36(62)22-32)54-47(63)45(30(2)3)57(8)50(66)58-20-17-35(28-58)56(7)48(64)41-27-53-41/h15-16,18,21-22,24-25,30-31,35,40-41,43,45,53,55H,10-14,17,19-20,23,26-29H2,1-9H3,(H-,54,62,63)/p+1/t31-,35-,40-,41?,43+,45-/m0/s1. The molecule has 0 spiro atoms. The summed E-state index contributed by atoms with van der Waals surface area (Å²) in [6.45, 7) is 14.5. The zero-order valence-corrected chi connectivity index (χ0v) is 41.7. The number of likely N-dealkylation sites (tertiary alicyclic amines) is 1. The normalized spacial score (nSPS) is 23.7. The number of phenols is 1. The van der Waals surface area contributed by atoms with Crippen LogP contribution in [0.1, 0.15) is 90.5 Å². The number of urea groups is 1. The van der Waals surface area contributed by atoms with Crippen molar-refractivity contribution < 1.29 is 38.8 Å². The molecule has 3 fully saturated rings. The second kappa shape index (κ2) is 20.2. The van der Waals surface area contributed by atoms with Gasteiger partial charge >= 0.3 is 12.2 Å². The number of nitrogens with zero attached hydrogens (tertiary/aromatic N) is 7. The summed E-state index contributed by atoms with van der Waals surface area (Å²) < 4.78 is 8.19. The summed E-state index contributed by atoms with van der Waals surface area (Å²) in [4.78, 5) is 86.5. The molecule has 1 aromatic heterocycles. The van der Waals surface area contributed by atoms with E-state index in [2.05, 4.69) is 53.5 Å². The van der Waals surface area contributed by atoms with Crippen LogP contribution >= 0.6 is 0 Å². The Morgan fingerprint density at radius 2 is 1.86 bits per heavy atom. The summed E-state index contributed by atoms with van der Waals surface area (Å²) >= 11 is 0. The second-order valence-electron chi connectivity index (χ2n) is 20.6. The number of carbonyl (C=O) groups excluding carboxylic acids is 4. The molecule has 3 saturated heterocycles. The van der Waals surface area contributed by atoms with Crippen LogP contribution in [0.5, 0.6) is 5.75 Å². The first-order valence-corrected chi connectivity index (χ1v) is 24.7. The molecule has 2 aromatic carbocycles. The molecule has 69 heavy (non-hydrogen) atoms. The Morgan fingerprint density at radius 1 is 1.09 bits per heavy atom. The molecule has 6 bridgehead atoms. The Morgan fingerprint density at radius 3 is 2.57 bits per heavy atom. The number of hydrogen-bond donors (Lipinski definition) is 4. The number of nitrogens with one attached hydrogen (secondary N) is 3. The van der Waals surface area contributed by atoms with Crippen molar-refractivity contribution >= 4 is 46.4 Å². The fourth-order valence-corrected chi connectivity index (χ4v) is 10.7. The molecule has 4 N–H and O–H groups in total. The molecule has 18 nitrogen and oxygen atoms in total. The molecule has 8 rings (SSSR count). The number of likely N-dealkylation sites (N-methyl/N-ethyl adjacent to an activating group) is 2. The number of aromatic hydroxyl groups is 1. The van der Waals surface area contributed by atoms with E-state index < -0.39 is 35.5 Å². The van der Waals surface area contributed by atoms with Gasteiger partial charge in [0.1, 0.15) is 17.8 Å². The van der Waals surface area contributed by atoms with Crippen LogP contribution in [0.25, 0.3) is 27.6 Å². The lowest BCUT2D eigenvalue weighted by Gasteiger charge is -2.36. The van der Waals surface area contributed by atoms with Crippen LogP contribution in [-0.4, -0.2) is 155 Å². The lowest BCUT2D eigenvalue weighted by Crippen LogP contribution is -2.62. The fraction of sp³-hybridized carbons (Fsp3) is 0.588.